The number of likely N-dealkylation sites (tertiary alicyclic amines) is 1. The highest BCUT2D eigenvalue weighted by molar-refractivity contribution is 5.89. The van der Waals surface area contributed by atoms with Gasteiger partial charge in [-0.2, -0.15) is 0 Å². The number of rotatable bonds is 4. The maximum atomic E-state index is 12.8. The van der Waals surface area contributed by atoms with Crippen LogP contribution in [0.3, 0.4) is 0 Å². The molecule has 22 heavy (non-hydrogen) atoms. The van der Waals surface area contributed by atoms with Crippen molar-refractivity contribution in [3.8, 4) is 5.75 Å². The molecule has 0 aromatic heterocycles. The van der Waals surface area contributed by atoms with E-state index in [9.17, 15) is 14.0 Å². The van der Waals surface area contributed by atoms with Crippen molar-refractivity contribution in [2.75, 3.05) is 13.1 Å². The average molecular weight is 307 g/mol. The zero-order chi connectivity index (χ0) is 15.7. The number of nitrogens with zero attached hydrogens (tertiary/aromatic N) is 1. The summed E-state index contributed by atoms with van der Waals surface area (Å²) in [5.74, 6) is -1.45. The van der Waals surface area contributed by atoms with Crippen molar-refractivity contribution in [2.45, 2.75) is 25.4 Å². The Morgan fingerprint density at radius 3 is 2.32 bits per heavy atom. The van der Waals surface area contributed by atoms with E-state index in [0.29, 0.717) is 38.1 Å². The van der Waals surface area contributed by atoms with Crippen molar-refractivity contribution in [2.24, 2.45) is 11.8 Å². The highest BCUT2D eigenvalue weighted by atomic mass is 19.1. The molecule has 5 nitrogen and oxygen atoms in total. The van der Waals surface area contributed by atoms with Gasteiger partial charge in [-0.3, -0.25) is 9.59 Å². The van der Waals surface area contributed by atoms with Gasteiger partial charge in [-0.05, 0) is 30.7 Å². The first-order valence-electron chi connectivity index (χ1n) is 7.48. The summed E-state index contributed by atoms with van der Waals surface area (Å²) in [6.07, 6.45) is 1.87. The summed E-state index contributed by atoms with van der Waals surface area (Å²) < 4.78 is 18.6. The Bertz CT molecular complexity index is 566. The molecule has 6 heteroatoms. The lowest BCUT2D eigenvalue weighted by atomic mass is 10.1. The molecule has 3 rings (SSSR count). The zero-order valence-corrected chi connectivity index (χ0v) is 12.1. The smallest absolute Gasteiger partial charge is 0.307 e. The maximum Gasteiger partial charge on any atom is 0.307 e. The molecule has 2 aliphatic rings. The average Bonchev–Trinajstić information content (AvgIpc) is 3.30. The summed E-state index contributed by atoms with van der Waals surface area (Å²) >= 11 is 0. The fourth-order valence-corrected chi connectivity index (χ4v) is 2.88. The lowest BCUT2D eigenvalue weighted by molar-refractivity contribution is -0.142. The van der Waals surface area contributed by atoms with Crippen LogP contribution in [0.15, 0.2) is 24.3 Å². The first-order chi connectivity index (χ1) is 10.5. The van der Waals surface area contributed by atoms with Gasteiger partial charge in [0.1, 0.15) is 17.7 Å². The van der Waals surface area contributed by atoms with E-state index in [1.165, 1.54) is 12.1 Å². The Kier molecular flexibility index (Phi) is 4.00. The van der Waals surface area contributed by atoms with Crippen molar-refractivity contribution in [3.63, 3.8) is 0 Å². The molecule has 0 unspecified atom stereocenters. The van der Waals surface area contributed by atoms with Crippen molar-refractivity contribution in [1.29, 1.82) is 0 Å². The van der Waals surface area contributed by atoms with E-state index in [4.69, 9.17) is 9.84 Å². The SMILES string of the molecule is O=C(O)[C@@H]1C[C@H]1C(=O)N1CCC(Oc2ccc(F)cc2)CC1. The van der Waals surface area contributed by atoms with Crippen LogP contribution in [0.4, 0.5) is 4.39 Å². The van der Waals surface area contributed by atoms with Gasteiger partial charge in [-0.25, -0.2) is 4.39 Å². The van der Waals surface area contributed by atoms with Crippen LogP contribution in [0.25, 0.3) is 0 Å². The Hall–Kier alpha value is -2.11. The summed E-state index contributed by atoms with van der Waals surface area (Å²) in [7, 11) is 0. The summed E-state index contributed by atoms with van der Waals surface area (Å²) in [6, 6.07) is 5.89. The molecule has 1 saturated carbocycles. The molecule has 0 spiro atoms. The summed E-state index contributed by atoms with van der Waals surface area (Å²) in [4.78, 5) is 24.7. The van der Waals surface area contributed by atoms with Crippen LogP contribution >= 0.6 is 0 Å². The number of carbonyl (C=O) groups is 2. The fraction of sp³-hybridized carbons (Fsp3) is 0.500. The van der Waals surface area contributed by atoms with Gasteiger partial charge in [-0.1, -0.05) is 0 Å². The van der Waals surface area contributed by atoms with Gasteiger partial charge in [0.25, 0.3) is 0 Å². The molecule has 118 valence electrons. The second kappa shape index (κ2) is 5.94. The predicted molar refractivity (Wildman–Crippen MR) is 75.9 cm³/mol. The Morgan fingerprint density at radius 1 is 1.14 bits per heavy atom. The molecule has 1 aliphatic heterocycles. The second-order valence-corrected chi connectivity index (χ2v) is 5.88. The first-order valence-corrected chi connectivity index (χ1v) is 7.48. The number of aliphatic carboxylic acids is 1. The van der Waals surface area contributed by atoms with Gasteiger partial charge in [0.15, 0.2) is 0 Å². The number of piperidine rings is 1. The Balaban J connectivity index is 1.47. The topological polar surface area (TPSA) is 66.8 Å². The number of ether oxygens (including phenoxy) is 1. The van der Waals surface area contributed by atoms with Gasteiger partial charge < -0.3 is 14.7 Å². The number of benzene rings is 1. The molecule has 1 N–H and O–H groups in total. The van der Waals surface area contributed by atoms with Crippen LogP contribution in [0.1, 0.15) is 19.3 Å². The van der Waals surface area contributed by atoms with Gasteiger partial charge >= 0.3 is 5.97 Å². The molecule has 1 aromatic carbocycles. The van der Waals surface area contributed by atoms with Crippen molar-refractivity contribution in [1.82, 2.24) is 4.90 Å². The van der Waals surface area contributed by atoms with Crippen LogP contribution in [-0.4, -0.2) is 41.1 Å². The highest BCUT2D eigenvalue weighted by Crippen LogP contribution is 2.40. The van der Waals surface area contributed by atoms with Crippen molar-refractivity contribution in [3.05, 3.63) is 30.1 Å². The number of halogens is 1. The lowest BCUT2D eigenvalue weighted by Crippen LogP contribution is -2.42. The highest BCUT2D eigenvalue weighted by Gasteiger charge is 2.50. The van der Waals surface area contributed by atoms with Crippen LogP contribution in [-0.2, 0) is 9.59 Å². The van der Waals surface area contributed by atoms with Crippen LogP contribution in [0.5, 0.6) is 5.75 Å². The summed E-state index contributed by atoms with van der Waals surface area (Å²) in [5.41, 5.74) is 0. The van der Waals surface area contributed by atoms with E-state index in [-0.39, 0.29) is 23.7 Å². The van der Waals surface area contributed by atoms with E-state index in [1.54, 1.807) is 17.0 Å². The molecule has 1 saturated heterocycles. The van der Waals surface area contributed by atoms with E-state index >= 15 is 0 Å². The van der Waals surface area contributed by atoms with Crippen LogP contribution in [0.2, 0.25) is 0 Å². The zero-order valence-electron chi connectivity index (χ0n) is 12.1. The fourth-order valence-electron chi connectivity index (χ4n) is 2.88. The minimum Gasteiger partial charge on any atom is -0.490 e. The summed E-state index contributed by atoms with van der Waals surface area (Å²) in [5, 5.41) is 8.88. The molecule has 2 fully saturated rings. The molecule has 2 atom stereocenters. The number of amides is 1. The minimum atomic E-state index is -0.882. The van der Waals surface area contributed by atoms with Gasteiger partial charge in [0, 0.05) is 25.9 Å². The largest absolute Gasteiger partial charge is 0.490 e. The first kappa shape index (κ1) is 14.8. The molecule has 1 heterocycles. The quantitative estimate of drug-likeness (QED) is 0.923. The second-order valence-electron chi connectivity index (χ2n) is 5.88. The van der Waals surface area contributed by atoms with E-state index in [1.807, 2.05) is 0 Å². The normalized spacial score (nSPS) is 24.9. The number of carboxylic acids is 1. The van der Waals surface area contributed by atoms with Gasteiger partial charge in [-0.15, -0.1) is 0 Å². The minimum absolute atomic E-state index is 0.00369. The Morgan fingerprint density at radius 2 is 1.77 bits per heavy atom. The molecular weight excluding hydrogens is 289 g/mol. The third kappa shape index (κ3) is 3.21. The Labute approximate surface area is 127 Å². The number of hydrogen-bond donors (Lipinski definition) is 1. The molecular formula is C16H18FNO4. The molecule has 0 radical (unpaired) electrons. The van der Waals surface area contributed by atoms with Crippen LogP contribution in [0, 0.1) is 17.7 Å². The molecule has 1 aromatic rings. The molecule has 1 aliphatic carbocycles. The summed E-state index contributed by atoms with van der Waals surface area (Å²) in [6.45, 7) is 1.15. The van der Waals surface area contributed by atoms with Gasteiger partial charge in [0.05, 0.1) is 11.8 Å². The standard InChI is InChI=1S/C16H18FNO4/c17-10-1-3-11(4-2-10)22-12-5-7-18(8-6-12)15(19)13-9-14(13)16(20)21/h1-4,12-14H,5-9H2,(H,20,21)/t13-,14-/m1/s1. The lowest BCUT2D eigenvalue weighted by Gasteiger charge is -2.32. The number of hydrogen-bond acceptors (Lipinski definition) is 3. The van der Waals surface area contributed by atoms with E-state index < -0.39 is 11.9 Å². The molecule has 0 bridgehead atoms. The number of carboxylic acid groups (broad SMARTS) is 1. The van der Waals surface area contributed by atoms with E-state index in [2.05, 4.69) is 0 Å². The van der Waals surface area contributed by atoms with Gasteiger partial charge in [0.2, 0.25) is 5.91 Å². The monoisotopic (exact) mass is 307 g/mol. The third-order valence-electron chi connectivity index (χ3n) is 4.29. The third-order valence-corrected chi connectivity index (χ3v) is 4.29. The predicted octanol–water partition coefficient (Wildman–Crippen LogP) is 1.92. The van der Waals surface area contributed by atoms with Crippen LogP contribution < -0.4 is 4.74 Å². The van der Waals surface area contributed by atoms with Crippen molar-refractivity contribution >= 4 is 11.9 Å². The van der Waals surface area contributed by atoms with E-state index in [0.717, 1.165) is 0 Å². The van der Waals surface area contributed by atoms with Crippen molar-refractivity contribution < 1.29 is 23.8 Å². The molecule has 1 amide bonds. The number of carbonyl (C=O) groups excluding carboxylic acids is 1. The maximum absolute atomic E-state index is 12.8.